The van der Waals surface area contributed by atoms with Crippen molar-refractivity contribution in [1.82, 2.24) is 0 Å². The van der Waals surface area contributed by atoms with Gasteiger partial charge in [-0.25, -0.2) is 0 Å². The summed E-state index contributed by atoms with van der Waals surface area (Å²) in [7, 11) is 0. The summed E-state index contributed by atoms with van der Waals surface area (Å²) in [6.07, 6.45) is 19.0. The molecule has 0 atom stereocenters. The fourth-order valence-electron chi connectivity index (χ4n) is 1.27. The van der Waals surface area contributed by atoms with E-state index in [1.165, 1.54) is 38.5 Å². The molecule has 0 unspecified atom stereocenters. The first-order chi connectivity index (χ1) is 5.50. The molecule has 0 N–H and O–H groups in total. The van der Waals surface area contributed by atoms with Crippen LogP contribution in [0.2, 0.25) is 0 Å². The molecule has 0 saturated carbocycles. The van der Waals surface area contributed by atoms with E-state index in [-0.39, 0.29) is 0 Å². The molecule has 0 aromatic rings. The van der Waals surface area contributed by atoms with Crippen molar-refractivity contribution in [2.45, 2.75) is 44.9 Å². The summed E-state index contributed by atoms with van der Waals surface area (Å²) in [5.41, 5.74) is 0. The third-order valence-corrected chi connectivity index (χ3v) is 1.97. The Bertz CT molecular complexity index is 115. The zero-order valence-electron chi connectivity index (χ0n) is 7.18. The zero-order chi connectivity index (χ0) is 7.78. The van der Waals surface area contributed by atoms with Crippen LogP contribution in [0, 0.1) is 6.08 Å². The molecule has 0 amide bonds. The maximum absolute atomic E-state index is 3.32. The van der Waals surface area contributed by atoms with Crippen LogP contribution < -0.4 is 0 Å². The Morgan fingerprint density at radius 2 is 1.55 bits per heavy atom. The van der Waals surface area contributed by atoms with E-state index in [0.717, 1.165) is 6.42 Å². The van der Waals surface area contributed by atoms with E-state index in [0.29, 0.717) is 0 Å². The van der Waals surface area contributed by atoms with Gasteiger partial charge in [0.1, 0.15) is 0 Å². The fraction of sp³-hybridized carbons (Fsp3) is 0.636. The highest BCUT2D eigenvalue weighted by molar-refractivity contribution is 4.84. The molecular formula is C11H17. The molecule has 0 fully saturated rings. The highest BCUT2D eigenvalue weighted by atomic mass is 13.9. The van der Waals surface area contributed by atoms with E-state index in [2.05, 4.69) is 24.3 Å². The number of allylic oxidation sites excluding steroid dienone is 4. The molecular weight excluding hydrogens is 132 g/mol. The third-order valence-electron chi connectivity index (χ3n) is 1.97. The summed E-state index contributed by atoms with van der Waals surface area (Å²) in [4.78, 5) is 0. The van der Waals surface area contributed by atoms with Crippen molar-refractivity contribution in [3.05, 3.63) is 24.3 Å². The molecule has 61 valence electrons. The van der Waals surface area contributed by atoms with Crippen LogP contribution in [0.5, 0.6) is 0 Å². The molecule has 1 aliphatic rings. The first kappa shape index (κ1) is 8.58. The second-order valence-corrected chi connectivity index (χ2v) is 3.06. The topological polar surface area (TPSA) is 0 Å². The molecule has 0 heteroatoms. The Morgan fingerprint density at radius 3 is 2.45 bits per heavy atom. The lowest BCUT2D eigenvalue weighted by atomic mass is 10.2. The standard InChI is InChI=1S/C11H17/c1-2-4-6-8-10-11-9-7-5-3-1/h1-2,11H,3-9H2/b2-1-,11-10?. The van der Waals surface area contributed by atoms with Crippen molar-refractivity contribution >= 4 is 0 Å². The molecule has 1 aliphatic carbocycles. The molecule has 1 rings (SSSR count). The lowest BCUT2D eigenvalue weighted by molar-refractivity contribution is 0.760. The summed E-state index contributed by atoms with van der Waals surface area (Å²) in [6.45, 7) is 0. The van der Waals surface area contributed by atoms with Crippen LogP contribution in [0.25, 0.3) is 0 Å². The normalized spacial score (nSPS) is 26.9. The molecule has 0 bridgehead atoms. The first-order valence-corrected chi connectivity index (χ1v) is 4.70. The van der Waals surface area contributed by atoms with E-state index in [4.69, 9.17) is 0 Å². The predicted molar refractivity (Wildman–Crippen MR) is 49.3 cm³/mol. The van der Waals surface area contributed by atoms with Crippen LogP contribution >= 0.6 is 0 Å². The van der Waals surface area contributed by atoms with E-state index >= 15 is 0 Å². The summed E-state index contributed by atoms with van der Waals surface area (Å²) in [5, 5.41) is 0. The molecule has 0 heterocycles. The van der Waals surface area contributed by atoms with Crippen molar-refractivity contribution in [3.63, 3.8) is 0 Å². The van der Waals surface area contributed by atoms with E-state index in [1.807, 2.05) is 0 Å². The Balaban J connectivity index is 2.22. The van der Waals surface area contributed by atoms with E-state index in [9.17, 15) is 0 Å². The van der Waals surface area contributed by atoms with Crippen molar-refractivity contribution in [2.24, 2.45) is 0 Å². The Labute approximate surface area is 70.0 Å². The Kier molecular flexibility index (Phi) is 4.84. The minimum atomic E-state index is 1.14. The smallest absolute Gasteiger partial charge is 0.0276 e. The van der Waals surface area contributed by atoms with Crippen molar-refractivity contribution in [2.75, 3.05) is 0 Å². The SMILES string of the molecule is [C]1=C\CCCC/C=C\CCC/1. The molecule has 1 radical (unpaired) electrons. The number of hydrogen-bond acceptors (Lipinski definition) is 0. The maximum atomic E-state index is 3.32. The quantitative estimate of drug-likeness (QED) is 0.461. The van der Waals surface area contributed by atoms with Gasteiger partial charge >= 0.3 is 0 Å². The van der Waals surface area contributed by atoms with Crippen LogP contribution in [-0.2, 0) is 0 Å². The van der Waals surface area contributed by atoms with Gasteiger partial charge in [-0.05, 0) is 51.0 Å². The van der Waals surface area contributed by atoms with Gasteiger partial charge in [-0.2, -0.15) is 0 Å². The van der Waals surface area contributed by atoms with E-state index in [1.54, 1.807) is 0 Å². The number of hydrogen-bond donors (Lipinski definition) is 0. The van der Waals surface area contributed by atoms with Crippen molar-refractivity contribution in [1.29, 1.82) is 0 Å². The van der Waals surface area contributed by atoms with Gasteiger partial charge in [0, 0.05) is 0 Å². The Hall–Kier alpha value is -0.520. The van der Waals surface area contributed by atoms with Crippen LogP contribution in [0.3, 0.4) is 0 Å². The monoisotopic (exact) mass is 149 g/mol. The van der Waals surface area contributed by atoms with Gasteiger partial charge in [0.05, 0.1) is 0 Å². The van der Waals surface area contributed by atoms with Gasteiger partial charge in [-0.15, -0.1) is 0 Å². The Morgan fingerprint density at radius 1 is 0.818 bits per heavy atom. The van der Waals surface area contributed by atoms with Gasteiger partial charge in [-0.3, -0.25) is 0 Å². The zero-order valence-corrected chi connectivity index (χ0v) is 7.18. The molecule has 0 aromatic heterocycles. The summed E-state index contributed by atoms with van der Waals surface area (Å²) < 4.78 is 0. The lowest BCUT2D eigenvalue weighted by Gasteiger charge is -1.90. The van der Waals surface area contributed by atoms with Crippen LogP contribution in [-0.4, -0.2) is 0 Å². The minimum Gasteiger partial charge on any atom is -0.0885 e. The largest absolute Gasteiger partial charge is 0.0885 e. The van der Waals surface area contributed by atoms with Crippen molar-refractivity contribution < 1.29 is 0 Å². The predicted octanol–water partition coefficient (Wildman–Crippen LogP) is 3.65. The highest BCUT2D eigenvalue weighted by Gasteiger charge is 1.87. The molecule has 0 aliphatic heterocycles. The van der Waals surface area contributed by atoms with Gasteiger partial charge in [0.25, 0.3) is 0 Å². The van der Waals surface area contributed by atoms with Gasteiger partial charge in [0.2, 0.25) is 0 Å². The lowest BCUT2D eigenvalue weighted by Crippen LogP contribution is -1.71. The van der Waals surface area contributed by atoms with Crippen LogP contribution in [0.15, 0.2) is 18.2 Å². The molecule has 0 saturated heterocycles. The van der Waals surface area contributed by atoms with Crippen molar-refractivity contribution in [3.8, 4) is 0 Å². The second-order valence-electron chi connectivity index (χ2n) is 3.06. The van der Waals surface area contributed by atoms with E-state index < -0.39 is 0 Å². The van der Waals surface area contributed by atoms with Gasteiger partial charge in [0.15, 0.2) is 0 Å². The van der Waals surface area contributed by atoms with Gasteiger partial charge in [-0.1, -0.05) is 18.2 Å². The number of rotatable bonds is 0. The summed E-state index contributed by atoms with van der Waals surface area (Å²) >= 11 is 0. The average molecular weight is 149 g/mol. The summed E-state index contributed by atoms with van der Waals surface area (Å²) in [5.74, 6) is 0. The van der Waals surface area contributed by atoms with Crippen LogP contribution in [0.4, 0.5) is 0 Å². The molecule has 11 heavy (non-hydrogen) atoms. The fourth-order valence-corrected chi connectivity index (χ4v) is 1.27. The van der Waals surface area contributed by atoms with Gasteiger partial charge < -0.3 is 0 Å². The third kappa shape index (κ3) is 4.83. The molecule has 0 nitrogen and oxygen atoms in total. The highest BCUT2D eigenvalue weighted by Crippen LogP contribution is 2.06. The second kappa shape index (κ2) is 6.21. The molecule has 0 aromatic carbocycles. The summed E-state index contributed by atoms with van der Waals surface area (Å²) in [6, 6.07) is 0. The average Bonchev–Trinajstić information content (AvgIpc) is 2.08. The molecule has 0 spiro atoms. The van der Waals surface area contributed by atoms with Crippen LogP contribution in [0.1, 0.15) is 44.9 Å². The maximum Gasteiger partial charge on any atom is -0.0276 e. The minimum absolute atomic E-state index is 1.14. The first-order valence-electron chi connectivity index (χ1n) is 4.70.